The average Bonchev–Trinajstić information content (AvgIpc) is 2.26. The van der Waals surface area contributed by atoms with Gasteiger partial charge in [0.05, 0.1) is 6.10 Å². The largest absolute Gasteiger partial charge is 0.463 e. The SMILES string of the molecule is CC(=O)O[C@H](C)CCC(=O)c1ccc(Br)cc1. The van der Waals surface area contributed by atoms with Crippen LogP contribution in [0.3, 0.4) is 0 Å². The van der Waals surface area contributed by atoms with Crippen LogP contribution in [-0.4, -0.2) is 17.9 Å². The second kappa shape index (κ2) is 6.55. The third kappa shape index (κ3) is 5.13. The Morgan fingerprint density at radius 1 is 1.29 bits per heavy atom. The summed E-state index contributed by atoms with van der Waals surface area (Å²) in [6, 6.07) is 7.23. The Bertz CT molecular complexity index is 398. The highest BCUT2D eigenvalue weighted by Gasteiger charge is 2.10. The van der Waals surface area contributed by atoms with Crippen LogP contribution < -0.4 is 0 Å². The molecule has 0 N–H and O–H groups in total. The van der Waals surface area contributed by atoms with Crippen LogP contribution in [0.4, 0.5) is 0 Å². The van der Waals surface area contributed by atoms with Gasteiger partial charge < -0.3 is 4.74 Å². The van der Waals surface area contributed by atoms with Gasteiger partial charge in [0.25, 0.3) is 0 Å². The summed E-state index contributed by atoms with van der Waals surface area (Å²) in [6.45, 7) is 3.16. The van der Waals surface area contributed by atoms with Crippen molar-refractivity contribution in [2.75, 3.05) is 0 Å². The molecule has 0 heterocycles. The topological polar surface area (TPSA) is 43.4 Å². The van der Waals surface area contributed by atoms with Gasteiger partial charge in [-0.2, -0.15) is 0 Å². The normalized spacial score (nSPS) is 11.9. The Hall–Kier alpha value is -1.16. The maximum Gasteiger partial charge on any atom is 0.302 e. The molecule has 0 aliphatic rings. The first-order valence-electron chi connectivity index (χ1n) is 5.45. The van der Waals surface area contributed by atoms with Crippen LogP contribution in [0.5, 0.6) is 0 Å². The van der Waals surface area contributed by atoms with E-state index >= 15 is 0 Å². The van der Waals surface area contributed by atoms with Crippen LogP contribution in [-0.2, 0) is 9.53 Å². The lowest BCUT2D eigenvalue weighted by Gasteiger charge is -2.10. The molecule has 0 aliphatic carbocycles. The fraction of sp³-hybridized carbons (Fsp3) is 0.385. The Kier molecular flexibility index (Phi) is 5.35. The van der Waals surface area contributed by atoms with E-state index in [-0.39, 0.29) is 17.9 Å². The molecule has 0 amide bonds. The zero-order chi connectivity index (χ0) is 12.8. The zero-order valence-corrected chi connectivity index (χ0v) is 11.5. The Balaban J connectivity index is 2.44. The van der Waals surface area contributed by atoms with Crippen molar-refractivity contribution in [2.45, 2.75) is 32.8 Å². The summed E-state index contributed by atoms with van der Waals surface area (Å²) in [5.41, 5.74) is 0.684. The highest BCUT2D eigenvalue weighted by atomic mass is 79.9. The summed E-state index contributed by atoms with van der Waals surface area (Å²) in [5.74, 6) is -0.245. The van der Waals surface area contributed by atoms with Crippen molar-refractivity contribution in [3.8, 4) is 0 Å². The minimum Gasteiger partial charge on any atom is -0.463 e. The van der Waals surface area contributed by atoms with Gasteiger partial charge in [-0.25, -0.2) is 0 Å². The molecule has 0 unspecified atom stereocenters. The molecule has 0 saturated carbocycles. The molecule has 1 rings (SSSR count). The van der Waals surface area contributed by atoms with Gasteiger partial charge in [-0.3, -0.25) is 9.59 Å². The number of esters is 1. The van der Waals surface area contributed by atoms with Crippen molar-refractivity contribution < 1.29 is 14.3 Å². The molecule has 3 nitrogen and oxygen atoms in total. The number of carbonyl (C=O) groups is 2. The van der Waals surface area contributed by atoms with Gasteiger partial charge in [-0.1, -0.05) is 28.1 Å². The van der Waals surface area contributed by atoms with Crippen LogP contribution in [0.1, 0.15) is 37.0 Å². The third-order valence-corrected chi connectivity index (χ3v) is 2.84. The second-order valence-electron chi connectivity index (χ2n) is 3.89. The molecule has 0 radical (unpaired) electrons. The summed E-state index contributed by atoms with van der Waals surface area (Å²) < 4.78 is 5.90. The maximum atomic E-state index is 11.8. The molecule has 1 atom stereocenters. The molecule has 0 aliphatic heterocycles. The summed E-state index contributed by atoms with van der Waals surface area (Å²) >= 11 is 3.32. The number of ether oxygens (including phenoxy) is 1. The lowest BCUT2D eigenvalue weighted by Crippen LogP contribution is -2.14. The highest BCUT2D eigenvalue weighted by Crippen LogP contribution is 2.13. The Labute approximate surface area is 109 Å². The van der Waals surface area contributed by atoms with Crippen LogP contribution >= 0.6 is 15.9 Å². The van der Waals surface area contributed by atoms with Crippen molar-refractivity contribution in [1.29, 1.82) is 0 Å². The molecule has 0 spiro atoms. The minimum absolute atomic E-state index is 0.0662. The first-order valence-corrected chi connectivity index (χ1v) is 6.24. The monoisotopic (exact) mass is 298 g/mol. The molecule has 17 heavy (non-hydrogen) atoms. The van der Waals surface area contributed by atoms with E-state index in [1.165, 1.54) is 6.92 Å². The fourth-order valence-corrected chi connectivity index (χ4v) is 1.72. The molecule has 0 bridgehead atoms. The number of carbonyl (C=O) groups excluding carboxylic acids is 2. The first-order chi connectivity index (χ1) is 7.99. The van der Waals surface area contributed by atoms with Crippen LogP contribution in [0, 0.1) is 0 Å². The van der Waals surface area contributed by atoms with Crippen molar-refractivity contribution in [2.24, 2.45) is 0 Å². The molecule has 4 heteroatoms. The van der Waals surface area contributed by atoms with Gasteiger partial charge in [0.1, 0.15) is 0 Å². The summed E-state index contributed by atoms with van der Waals surface area (Å²) in [4.78, 5) is 22.5. The van der Waals surface area contributed by atoms with Crippen LogP contribution in [0.2, 0.25) is 0 Å². The number of rotatable bonds is 5. The van der Waals surface area contributed by atoms with Crippen molar-refractivity contribution >= 4 is 27.7 Å². The van der Waals surface area contributed by atoms with Crippen molar-refractivity contribution in [3.63, 3.8) is 0 Å². The molecule has 0 aromatic heterocycles. The third-order valence-electron chi connectivity index (χ3n) is 2.31. The summed E-state index contributed by atoms with van der Waals surface area (Å²) in [7, 11) is 0. The predicted molar refractivity (Wildman–Crippen MR) is 68.9 cm³/mol. The molecule has 1 aromatic rings. The standard InChI is InChI=1S/C13H15BrO3/c1-9(17-10(2)15)3-8-13(16)11-4-6-12(14)7-5-11/h4-7,9H,3,8H2,1-2H3/t9-/m1/s1. The van der Waals surface area contributed by atoms with E-state index < -0.39 is 0 Å². The van der Waals surface area contributed by atoms with Gasteiger partial charge in [0.15, 0.2) is 5.78 Å². The van der Waals surface area contributed by atoms with E-state index in [2.05, 4.69) is 15.9 Å². The molecular formula is C13H15BrO3. The Morgan fingerprint density at radius 3 is 2.41 bits per heavy atom. The van der Waals surface area contributed by atoms with E-state index in [9.17, 15) is 9.59 Å². The Morgan fingerprint density at radius 2 is 1.88 bits per heavy atom. The van der Waals surface area contributed by atoms with Crippen LogP contribution in [0.25, 0.3) is 0 Å². The molecule has 0 saturated heterocycles. The quantitative estimate of drug-likeness (QED) is 0.618. The number of Topliss-reactive ketones (excluding diaryl/α,β-unsaturated/α-hetero) is 1. The van der Waals surface area contributed by atoms with E-state index in [0.717, 1.165) is 4.47 Å². The number of hydrogen-bond acceptors (Lipinski definition) is 3. The van der Waals surface area contributed by atoms with E-state index in [1.54, 1.807) is 19.1 Å². The summed E-state index contributed by atoms with van der Waals surface area (Å²) in [6.07, 6.45) is 0.719. The molecular weight excluding hydrogens is 284 g/mol. The minimum atomic E-state index is -0.311. The molecule has 92 valence electrons. The molecule has 1 aromatic carbocycles. The van der Waals surface area contributed by atoms with Crippen molar-refractivity contribution in [3.05, 3.63) is 34.3 Å². The van der Waals surface area contributed by atoms with Crippen LogP contribution in [0.15, 0.2) is 28.7 Å². The van der Waals surface area contributed by atoms with Crippen molar-refractivity contribution in [1.82, 2.24) is 0 Å². The van der Waals surface area contributed by atoms with Gasteiger partial charge >= 0.3 is 5.97 Å². The van der Waals surface area contributed by atoms with Gasteiger partial charge in [-0.05, 0) is 25.5 Å². The first kappa shape index (κ1) is 13.9. The highest BCUT2D eigenvalue weighted by molar-refractivity contribution is 9.10. The number of ketones is 1. The van der Waals surface area contributed by atoms with E-state index in [0.29, 0.717) is 18.4 Å². The van der Waals surface area contributed by atoms with Gasteiger partial charge in [0.2, 0.25) is 0 Å². The molecule has 0 fully saturated rings. The number of halogens is 1. The van der Waals surface area contributed by atoms with E-state index in [4.69, 9.17) is 4.74 Å². The second-order valence-corrected chi connectivity index (χ2v) is 4.80. The summed E-state index contributed by atoms with van der Waals surface area (Å²) in [5, 5.41) is 0. The van der Waals surface area contributed by atoms with E-state index in [1.807, 2.05) is 12.1 Å². The predicted octanol–water partition coefficient (Wildman–Crippen LogP) is 3.36. The average molecular weight is 299 g/mol. The van der Waals surface area contributed by atoms with Gasteiger partial charge in [0, 0.05) is 23.4 Å². The fourth-order valence-electron chi connectivity index (χ4n) is 1.46. The lowest BCUT2D eigenvalue weighted by atomic mass is 10.1. The zero-order valence-electron chi connectivity index (χ0n) is 9.90. The van der Waals surface area contributed by atoms with Gasteiger partial charge in [-0.15, -0.1) is 0 Å². The smallest absolute Gasteiger partial charge is 0.302 e. The lowest BCUT2D eigenvalue weighted by molar-refractivity contribution is -0.145. The number of hydrogen-bond donors (Lipinski definition) is 0. The maximum absolute atomic E-state index is 11.8. The number of benzene rings is 1.